The number of aromatic nitrogens is 2. The lowest BCUT2D eigenvalue weighted by Gasteiger charge is -2.35. The number of piperazine rings is 1. The van der Waals surface area contributed by atoms with E-state index >= 15 is 0 Å². The molecule has 3 aromatic rings. The second kappa shape index (κ2) is 9.78. The van der Waals surface area contributed by atoms with Crippen LogP contribution in [-0.4, -0.2) is 57.8 Å². The van der Waals surface area contributed by atoms with Gasteiger partial charge >= 0.3 is 0 Å². The first kappa shape index (κ1) is 21.8. The van der Waals surface area contributed by atoms with Crippen molar-refractivity contribution in [3.05, 3.63) is 77.9 Å². The highest BCUT2D eigenvalue weighted by Gasteiger charge is 2.32. The Balaban J connectivity index is 1.41. The number of aromatic amines is 1. The van der Waals surface area contributed by atoms with E-state index in [2.05, 4.69) is 56.6 Å². The Hall–Kier alpha value is -3.45. The van der Waals surface area contributed by atoms with Crippen LogP contribution in [0.5, 0.6) is 0 Å². The van der Waals surface area contributed by atoms with Crippen LogP contribution in [-0.2, 0) is 22.7 Å². The molecule has 166 valence electrons. The lowest BCUT2D eigenvalue weighted by molar-refractivity contribution is -0.138. The molecule has 7 nitrogen and oxygen atoms in total. The lowest BCUT2D eigenvalue weighted by Crippen LogP contribution is -2.56. The van der Waals surface area contributed by atoms with E-state index in [0.717, 1.165) is 22.6 Å². The molecule has 1 saturated heterocycles. The topological polar surface area (TPSA) is 81.3 Å². The van der Waals surface area contributed by atoms with Crippen LogP contribution in [0.25, 0.3) is 11.1 Å². The fraction of sp³-hybridized carbons (Fsp3) is 0.320. The summed E-state index contributed by atoms with van der Waals surface area (Å²) in [5.74, 6) is 0.570. The molecule has 2 amide bonds. The number of nitrogens with one attached hydrogen (secondary N) is 2. The molecule has 1 aliphatic rings. The predicted molar refractivity (Wildman–Crippen MR) is 124 cm³/mol. The van der Waals surface area contributed by atoms with Gasteiger partial charge in [-0.25, -0.2) is 4.98 Å². The largest absolute Gasteiger partial charge is 0.353 e. The zero-order chi connectivity index (χ0) is 22.5. The molecule has 1 aliphatic heterocycles. The van der Waals surface area contributed by atoms with E-state index in [1.54, 1.807) is 18.1 Å². The monoisotopic (exact) mass is 431 g/mol. The molecule has 4 rings (SSSR count). The van der Waals surface area contributed by atoms with Crippen molar-refractivity contribution in [3.63, 3.8) is 0 Å². The summed E-state index contributed by atoms with van der Waals surface area (Å²) < 4.78 is 0. The van der Waals surface area contributed by atoms with Crippen molar-refractivity contribution in [2.75, 3.05) is 20.1 Å². The molecule has 0 bridgehead atoms. The summed E-state index contributed by atoms with van der Waals surface area (Å²) in [7, 11) is 1.74. The summed E-state index contributed by atoms with van der Waals surface area (Å²) in [6, 6.07) is 18.2. The highest BCUT2D eigenvalue weighted by molar-refractivity contribution is 5.88. The van der Waals surface area contributed by atoms with E-state index in [1.165, 1.54) is 5.56 Å². The minimum absolute atomic E-state index is 0.0782. The highest BCUT2D eigenvalue weighted by Crippen LogP contribution is 2.21. The van der Waals surface area contributed by atoms with Crippen molar-refractivity contribution < 1.29 is 9.59 Å². The normalized spacial score (nSPS) is 16.6. The highest BCUT2D eigenvalue weighted by atomic mass is 16.2. The number of hydrogen-bond acceptors (Lipinski definition) is 4. The summed E-state index contributed by atoms with van der Waals surface area (Å²) in [5.41, 5.74) is 4.41. The lowest BCUT2D eigenvalue weighted by atomic mass is 10.0. The average Bonchev–Trinajstić information content (AvgIpc) is 3.21. The number of amides is 2. The van der Waals surface area contributed by atoms with Gasteiger partial charge in [0.2, 0.25) is 11.8 Å². The number of carbonyl (C=O) groups is 2. The Labute approximate surface area is 188 Å². The van der Waals surface area contributed by atoms with Crippen LogP contribution in [0.1, 0.15) is 23.5 Å². The van der Waals surface area contributed by atoms with Gasteiger partial charge in [-0.3, -0.25) is 14.5 Å². The third kappa shape index (κ3) is 5.23. The Morgan fingerprint density at radius 1 is 1.12 bits per heavy atom. The van der Waals surface area contributed by atoms with Gasteiger partial charge < -0.3 is 15.2 Å². The molecule has 7 heteroatoms. The summed E-state index contributed by atoms with van der Waals surface area (Å²) in [5, 5.41) is 2.91. The van der Waals surface area contributed by atoms with Crippen LogP contribution >= 0.6 is 0 Å². The van der Waals surface area contributed by atoms with E-state index in [-0.39, 0.29) is 18.2 Å². The van der Waals surface area contributed by atoms with Crippen molar-refractivity contribution in [3.8, 4) is 11.1 Å². The number of aryl methyl sites for hydroxylation is 1. The number of benzene rings is 2. The molecular formula is C25H29N5O2. The van der Waals surface area contributed by atoms with Gasteiger partial charge in [-0.15, -0.1) is 0 Å². The molecule has 0 radical (unpaired) electrons. The Kier molecular flexibility index (Phi) is 6.66. The molecule has 2 aromatic carbocycles. The first-order chi connectivity index (χ1) is 15.5. The van der Waals surface area contributed by atoms with E-state index in [9.17, 15) is 9.59 Å². The SMILES string of the molecule is Cc1cnc(CN(C)C(=O)C[C@@H]2C(=O)NCCN2Cc2ccc(-c3ccccc3)cc2)[nH]1. The smallest absolute Gasteiger partial charge is 0.237 e. The number of H-pyrrole nitrogens is 1. The van der Waals surface area contributed by atoms with Gasteiger partial charge in [-0.1, -0.05) is 54.6 Å². The standard InChI is InChI=1S/C25H29N5O2/c1-18-15-27-23(28-18)17-29(2)24(31)14-22-25(32)26-12-13-30(22)16-19-8-10-21(11-9-19)20-6-4-3-5-7-20/h3-11,15,22H,12-14,16-17H2,1-2H3,(H,26,32)(H,27,28)/t22-/m1/s1. The molecule has 0 saturated carbocycles. The Morgan fingerprint density at radius 2 is 1.84 bits per heavy atom. The maximum Gasteiger partial charge on any atom is 0.237 e. The molecule has 2 heterocycles. The third-order valence-electron chi connectivity index (χ3n) is 5.82. The van der Waals surface area contributed by atoms with E-state index in [4.69, 9.17) is 0 Å². The summed E-state index contributed by atoms with van der Waals surface area (Å²) in [6.07, 6.45) is 1.89. The van der Waals surface area contributed by atoms with E-state index in [0.29, 0.717) is 26.2 Å². The Morgan fingerprint density at radius 3 is 2.53 bits per heavy atom. The van der Waals surface area contributed by atoms with Crippen LogP contribution in [0.15, 0.2) is 60.8 Å². The molecule has 1 aromatic heterocycles. The van der Waals surface area contributed by atoms with Crippen molar-refractivity contribution in [1.82, 2.24) is 25.1 Å². The number of rotatable bonds is 7. The number of hydrogen-bond donors (Lipinski definition) is 2. The second-order valence-corrected chi connectivity index (χ2v) is 8.31. The summed E-state index contributed by atoms with van der Waals surface area (Å²) in [4.78, 5) is 36.6. The quantitative estimate of drug-likeness (QED) is 0.603. The average molecular weight is 432 g/mol. The van der Waals surface area contributed by atoms with Gasteiger partial charge in [0.15, 0.2) is 0 Å². The van der Waals surface area contributed by atoms with Crippen LogP contribution in [0.4, 0.5) is 0 Å². The number of imidazole rings is 1. The number of carbonyl (C=O) groups excluding carboxylic acids is 2. The molecule has 1 fully saturated rings. The molecule has 0 spiro atoms. The van der Waals surface area contributed by atoms with Gasteiger partial charge in [0.25, 0.3) is 0 Å². The minimum Gasteiger partial charge on any atom is -0.353 e. The molecule has 0 unspecified atom stereocenters. The maximum atomic E-state index is 12.8. The van der Waals surface area contributed by atoms with Crippen LogP contribution in [0.3, 0.4) is 0 Å². The third-order valence-corrected chi connectivity index (χ3v) is 5.82. The maximum absolute atomic E-state index is 12.8. The molecule has 32 heavy (non-hydrogen) atoms. The second-order valence-electron chi connectivity index (χ2n) is 8.31. The van der Waals surface area contributed by atoms with Gasteiger partial charge in [-0.2, -0.15) is 0 Å². The van der Waals surface area contributed by atoms with E-state index < -0.39 is 6.04 Å². The molecule has 2 N–H and O–H groups in total. The van der Waals surface area contributed by atoms with Crippen molar-refractivity contribution >= 4 is 11.8 Å². The predicted octanol–water partition coefficient (Wildman–Crippen LogP) is 2.73. The van der Waals surface area contributed by atoms with Crippen LogP contribution in [0, 0.1) is 6.92 Å². The molecule has 1 atom stereocenters. The van der Waals surface area contributed by atoms with Crippen molar-refractivity contribution in [1.29, 1.82) is 0 Å². The molecule has 0 aliphatic carbocycles. The fourth-order valence-electron chi connectivity index (χ4n) is 4.02. The molecular weight excluding hydrogens is 402 g/mol. The van der Waals surface area contributed by atoms with Gasteiger partial charge in [0.1, 0.15) is 5.82 Å². The number of nitrogens with zero attached hydrogens (tertiary/aromatic N) is 3. The minimum atomic E-state index is -0.481. The summed E-state index contributed by atoms with van der Waals surface area (Å²) in [6.45, 7) is 4.25. The summed E-state index contributed by atoms with van der Waals surface area (Å²) >= 11 is 0. The van der Waals surface area contributed by atoms with Gasteiger partial charge in [-0.05, 0) is 23.6 Å². The van der Waals surface area contributed by atoms with Crippen LogP contribution < -0.4 is 5.32 Å². The van der Waals surface area contributed by atoms with Gasteiger partial charge in [0, 0.05) is 38.6 Å². The fourth-order valence-corrected chi connectivity index (χ4v) is 4.02. The van der Waals surface area contributed by atoms with Crippen molar-refractivity contribution in [2.24, 2.45) is 0 Å². The first-order valence-electron chi connectivity index (χ1n) is 10.9. The van der Waals surface area contributed by atoms with E-state index in [1.807, 2.05) is 25.1 Å². The van der Waals surface area contributed by atoms with Crippen molar-refractivity contribution in [2.45, 2.75) is 32.5 Å². The zero-order valence-corrected chi connectivity index (χ0v) is 18.5. The van der Waals surface area contributed by atoms with Crippen LogP contribution in [0.2, 0.25) is 0 Å². The Bertz CT molecular complexity index is 1060. The first-order valence-corrected chi connectivity index (χ1v) is 10.9. The zero-order valence-electron chi connectivity index (χ0n) is 18.5. The van der Waals surface area contributed by atoms with Gasteiger partial charge in [0.05, 0.1) is 19.0 Å².